The SMILES string of the molecule is CN=C(NCCCCC(C)C)NCc1cccnc1N(C)C. The molecule has 5 heteroatoms. The summed E-state index contributed by atoms with van der Waals surface area (Å²) in [4.78, 5) is 10.7. The largest absolute Gasteiger partial charge is 0.362 e. The van der Waals surface area contributed by atoms with Crippen LogP contribution in [-0.4, -0.2) is 38.6 Å². The highest BCUT2D eigenvalue weighted by Gasteiger charge is 2.06. The Kier molecular flexibility index (Phi) is 8.33. The van der Waals surface area contributed by atoms with Crippen molar-refractivity contribution in [2.45, 2.75) is 39.7 Å². The van der Waals surface area contributed by atoms with Gasteiger partial charge in [0, 0.05) is 46.0 Å². The van der Waals surface area contributed by atoms with Crippen LogP contribution in [0.3, 0.4) is 0 Å². The Morgan fingerprint density at radius 2 is 2.05 bits per heavy atom. The van der Waals surface area contributed by atoms with Crippen molar-refractivity contribution in [3.05, 3.63) is 23.9 Å². The predicted octanol–water partition coefficient (Wildman–Crippen LogP) is 2.64. The van der Waals surface area contributed by atoms with Crippen LogP contribution in [0.4, 0.5) is 5.82 Å². The minimum atomic E-state index is 0.715. The summed E-state index contributed by atoms with van der Waals surface area (Å²) in [5, 5.41) is 6.72. The topological polar surface area (TPSA) is 52.6 Å². The van der Waals surface area contributed by atoms with Crippen LogP contribution in [0.25, 0.3) is 0 Å². The molecule has 0 saturated heterocycles. The van der Waals surface area contributed by atoms with E-state index in [-0.39, 0.29) is 0 Å². The number of aromatic nitrogens is 1. The molecule has 0 aliphatic heterocycles. The monoisotopic (exact) mass is 305 g/mol. The van der Waals surface area contributed by atoms with Gasteiger partial charge in [-0.15, -0.1) is 0 Å². The Hall–Kier alpha value is -1.78. The van der Waals surface area contributed by atoms with E-state index in [0.717, 1.165) is 29.8 Å². The summed E-state index contributed by atoms with van der Waals surface area (Å²) < 4.78 is 0. The Labute approximate surface area is 135 Å². The van der Waals surface area contributed by atoms with E-state index >= 15 is 0 Å². The Morgan fingerprint density at radius 1 is 1.27 bits per heavy atom. The second-order valence-corrected chi connectivity index (χ2v) is 6.12. The molecule has 1 aromatic heterocycles. The predicted molar refractivity (Wildman–Crippen MR) is 95.5 cm³/mol. The van der Waals surface area contributed by atoms with Gasteiger partial charge in [-0.05, 0) is 18.4 Å². The number of nitrogens with zero attached hydrogens (tertiary/aromatic N) is 3. The highest BCUT2D eigenvalue weighted by molar-refractivity contribution is 5.79. The van der Waals surface area contributed by atoms with Gasteiger partial charge in [0.1, 0.15) is 5.82 Å². The van der Waals surface area contributed by atoms with Gasteiger partial charge in [-0.25, -0.2) is 4.98 Å². The maximum absolute atomic E-state index is 4.41. The van der Waals surface area contributed by atoms with E-state index < -0.39 is 0 Å². The van der Waals surface area contributed by atoms with Crippen LogP contribution >= 0.6 is 0 Å². The third kappa shape index (κ3) is 6.78. The molecule has 0 amide bonds. The van der Waals surface area contributed by atoms with Crippen molar-refractivity contribution < 1.29 is 0 Å². The second-order valence-electron chi connectivity index (χ2n) is 6.12. The molecule has 0 bridgehead atoms. The highest BCUT2D eigenvalue weighted by atomic mass is 15.2. The van der Waals surface area contributed by atoms with E-state index in [1.54, 1.807) is 7.05 Å². The molecule has 0 spiro atoms. The molecule has 0 saturated carbocycles. The lowest BCUT2D eigenvalue weighted by atomic mass is 10.1. The van der Waals surface area contributed by atoms with Crippen molar-refractivity contribution in [2.24, 2.45) is 10.9 Å². The summed E-state index contributed by atoms with van der Waals surface area (Å²) in [5.41, 5.74) is 1.16. The van der Waals surface area contributed by atoms with Crippen LogP contribution < -0.4 is 15.5 Å². The maximum Gasteiger partial charge on any atom is 0.191 e. The normalized spacial score (nSPS) is 11.6. The number of nitrogens with one attached hydrogen (secondary N) is 2. The van der Waals surface area contributed by atoms with Crippen LogP contribution in [0.15, 0.2) is 23.3 Å². The average Bonchev–Trinajstić information content (AvgIpc) is 2.49. The number of hydrogen-bond donors (Lipinski definition) is 2. The fraction of sp³-hybridized carbons (Fsp3) is 0.647. The third-order valence-electron chi connectivity index (χ3n) is 3.46. The molecule has 0 fully saturated rings. The smallest absolute Gasteiger partial charge is 0.191 e. The minimum Gasteiger partial charge on any atom is -0.362 e. The van der Waals surface area contributed by atoms with E-state index in [4.69, 9.17) is 0 Å². The van der Waals surface area contributed by atoms with Crippen molar-refractivity contribution >= 4 is 11.8 Å². The zero-order valence-corrected chi connectivity index (χ0v) is 14.7. The van der Waals surface area contributed by atoms with Crippen LogP contribution in [-0.2, 0) is 6.54 Å². The van der Waals surface area contributed by atoms with Crippen LogP contribution in [0.5, 0.6) is 0 Å². The van der Waals surface area contributed by atoms with Crippen molar-refractivity contribution in [1.29, 1.82) is 0 Å². The summed E-state index contributed by atoms with van der Waals surface area (Å²) in [6.07, 6.45) is 5.54. The van der Waals surface area contributed by atoms with Gasteiger partial charge in [0.2, 0.25) is 0 Å². The van der Waals surface area contributed by atoms with Gasteiger partial charge in [-0.3, -0.25) is 4.99 Å². The molecular formula is C17H31N5. The Bertz CT molecular complexity index is 454. The van der Waals surface area contributed by atoms with E-state index in [1.807, 2.05) is 31.3 Å². The molecule has 1 rings (SSSR count). The van der Waals surface area contributed by atoms with Gasteiger partial charge >= 0.3 is 0 Å². The van der Waals surface area contributed by atoms with Crippen molar-refractivity contribution in [3.63, 3.8) is 0 Å². The maximum atomic E-state index is 4.41. The van der Waals surface area contributed by atoms with Gasteiger partial charge in [0.15, 0.2) is 5.96 Å². The second kappa shape index (κ2) is 10.0. The Balaban J connectivity index is 2.38. The lowest BCUT2D eigenvalue weighted by Crippen LogP contribution is -2.37. The van der Waals surface area contributed by atoms with E-state index in [9.17, 15) is 0 Å². The molecule has 0 aromatic carbocycles. The minimum absolute atomic E-state index is 0.715. The molecule has 5 nitrogen and oxygen atoms in total. The molecular weight excluding hydrogens is 274 g/mol. The zero-order chi connectivity index (χ0) is 16.4. The first-order valence-corrected chi connectivity index (χ1v) is 8.10. The first-order chi connectivity index (χ1) is 10.5. The molecule has 0 unspecified atom stereocenters. The van der Waals surface area contributed by atoms with Crippen LogP contribution in [0, 0.1) is 5.92 Å². The van der Waals surface area contributed by atoms with Crippen molar-refractivity contribution in [2.75, 3.05) is 32.6 Å². The number of guanidine groups is 1. The first-order valence-electron chi connectivity index (χ1n) is 8.10. The lowest BCUT2D eigenvalue weighted by Gasteiger charge is -2.17. The molecule has 0 radical (unpaired) electrons. The van der Waals surface area contributed by atoms with Gasteiger partial charge < -0.3 is 15.5 Å². The highest BCUT2D eigenvalue weighted by Crippen LogP contribution is 2.13. The van der Waals surface area contributed by atoms with Crippen molar-refractivity contribution in [1.82, 2.24) is 15.6 Å². The number of pyridine rings is 1. The molecule has 0 aliphatic carbocycles. The van der Waals surface area contributed by atoms with Gasteiger partial charge in [-0.2, -0.15) is 0 Å². The molecule has 0 aliphatic rings. The van der Waals surface area contributed by atoms with E-state index in [1.165, 1.54) is 19.3 Å². The van der Waals surface area contributed by atoms with Crippen LogP contribution in [0.2, 0.25) is 0 Å². The summed E-state index contributed by atoms with van der Waals surface area (Å²) in [7, 11) is 5.82. The average molecular weight is 305 g/mol. The van der Waals surface area contributed by atoms with E-state index in [0.29, 0.717) is 6.54 Å². The quantitative estimate of drug-likeness (QED) is 0.440. The standard InChI is InChI=1S/C17H31N5/c1-14(2)9-6-7-11-20-17(18-3)21-13-15-10-8-12-19-16(15)22(4)5/h8,10,12,14H,6-7,9,11,13H2,1-5H3,(H2,18,20,21). The number of rotatable bonds is 8. The van der Waals surface area contributed by atoms with E-state index in [2.05, 4.69) is 40.5 Å². The number of aliphatic imine (C=N–C) groups is 1. The fourth-order valence-corrected chi connectivity index (χ4v) is 2.25. The Morgan fingerprint density at radius 3 is 2.68 bits per heavy atom. The van der Waals surface area contributed by atoms with Crippen LogP contribution in [0.1, 0.15) is 38.7 Å². The van der Waals surface area contributed by atoms with Crippen molar-refractivity contribution in [3.8, 4) is 0 Å². The lowest BCUT2D eigenvalue weighted by molar-refractivity contribution is 0.534. The zero-order valence-electron chi connectivity index (χ0n) is 14.7. The fourth-order valence-electron chi connectivity index (χ4n) is 2.25. The van der Waals surface area contributed by atoms with Gasteiger partial charge in [-0.1, -0.05) is 32.8 Å². The number of unbranched alkanes of at least 4 members (excludes halogenated alkanes) is 1. The third-order valence-corrected chi connectivity index (χ3v) is 3.46. The molecule has 2 N–H and O–H groups in total. The van der Waals surface area contributed by atoms with Gasteiger partial charge in [0.25, 0.3) is 0 Å². The molecule has 1 heterocycles. The summed E-state index contributed by atoms with van der Waals surface area (Å²) in [6.45, 7) is 6.21. The number of anilines is 1. The molecule has 22 heavy (non-hydrogen) atoms. The summed E-state index contributed by atoms with van der Waals surface area (Å²) >= 11 is 0. The molecule has 1 aromatic rings. The molecule has 124 valence electrons. The number of hydrogen-bond acceptors (Lipinski definition) is 3. The summed E-state index contributed by atoms with van der Waals surface area (Å²) in [6, 6.07) is 4.05. The molecule has 0 atom stereocenters. The first kappa shape index (κ1) is 18.3. The van der Waals surface area contributed by atoms with Gasteiger partial charge in [0.05, 0.1) is 0 Å². The summed E-state index contributed by atoms with van der Waals surface area (Å²) in [5.74, 6) is 2.62.